The van der Waals surface area contributed by atoms with E-state index in [-0.39, 0.29) is 23.0 Å². The molecule has 5 heteroatoms. The molecule has 0 aromatic heterocycles. The smallest absolute Gasteiger partial charge is 0.312 e. The minimum Gasteiger partial charge on any atom is -0.469 e. The molecule has 142 valence electrons. The predicted molar refractivity (Wildman–Crippen MR) is 106 cm³/mol. The summed E-state index contributed by atoms with van der Waals surface area (Å²) in [7, 11) is -0.499. The van der Waals surface area contributed by atoms with E-state index >= 15 is 0 Å². The third kappa shape index (κ3) is 6.57. The molecular formula is C20H35NO3Si. The van der Waals surface area contributed by atoms with Crippen molar-refractivity contribution in [1.82, 2.24) is 5.32 Å². The molecule has 1 rings (SSSR count). The van der Waals surface area contributed by atoms with Gasteiger partial charge in [-0.05, 0) is 30.1 Å². The molecule has 25 heavy (non-hydrogen) atoms. The number of nitrogens with one attached hydrogen (secondary N) is 1. The van der Waals surface area contributed by atoms with Crippen molar-refractivity contribution in [3.05, 3.63) is 35.9 Å². The van der Waals surface area contributed by atoms with E-state index in [4.69, 9.17) is 9.16 Å². The number of hydrogen-bond acceptors (Lipinski definition) is 4. The van der Waals surface area contributed by atoms with Gasteiger partial charge in [0.05, 0.1) is 19.1 Å². The Morgan fingerprint density at radius 2 is 1.80 bits per heavy atom. The molecule has 0 fully saturated rings. The Hall–Kier alpha value is -1.17. The van der Waals surface area contributed by atoms with E-state index in [1.54, 1.807) is 0 Å². The van der Waals surface area contributed by atoms with Gasteiger partial charge in [-0.15, -0.1) is 0 Å². The van der Waals surface area contributed by atoms with Crippen molar-refractivity contribution < 1.29 is 14.0 Å². The van der Waals surface area contributed by atoms with Gasteiger partial charge in [0, 0.05) is 13.1 Å². The molecular weight excluding hydrogens is 330 g/mol. The minimum atomic E-state index is -1.95. The van der Waals surface area contributed by atoms with Gasteiger partial charge in [0.1, 0.15) is 0 Å². The Kier molecular flexibility index (Phi) is 8.31. The fraction of sp³-hybridized carbons (Fsp3) is 0.650. The fourth-order valence-electron chi connectivity index (χ4n) is 2.49. The summed E-state index contributed by atoms with van der Waals surface area (Å²) in [5.74, 6) is -0.501. The Morgan fingerprint density at radius 1 is 1.20 bits per heavy atom. The second-order valence-corrected chi connectivity index (χ2v) is 12.8. The Labute approximate surface area is 154 Å². The van der Waals surface area contributed by atoms with Crippen molar-refractivity contribution in [1.29, 1.82) is 0 Å². The normalized spacial score (nSPS) is 14.8. The number of carbonyl (C=O) groups excluding carboxylic acids is 1. The lowest BCUT2D eigenvalue weighted by Gasteiger charge is -2.40. The van der Waals surface area contributed by atoms with Crippen LogP contribution in [0.1, 0.15) is 39.7 Å². The molecule has 1 N–H and O–H groups in total. The summed E-state index contributed by atoms with van der Waals surface area (Å²) in [5, 5.41) is 3.50. The van der Waals surface area contributed by atoms with Gasteiger partial charge in [0.15, 0.2) is 8.32 Å². The van der Waals surface area contributed by atoms with Crippen molar-refractivity contribution in [2.75, 3.05) is 13.7 Å². The van der Waals surface area contributed by atoms with Crippen LogP contribution in [0, 0.1) is 5.92 Å². The highest BCUT2D eigenvalue weighted by atomic mass is 28.4. The van der Waals surface area contributed by atoms with Gasteiger partial charge in [0.2, 0.25) is 0 Å². The van der Waals surface area contributed by atoms with Crippen molar-refractivity contribution >= 4 is 14.3 Å². The van der Waals surface area contributed by atoms with Gasteiger partial charge in [-0.25, -0.2) is 0 Å². The highest BCUT2D eigenvalue weighted by Crippen LogP contribution is 2.38. The van der Waals surface area contributed by atoms with E-state index in [1.807, 2.05) is 18.2 Å². The molecule has 0 radical (unpaired) electrons. The fourth-order valence-corrected chi connectivity index (χ4v) is 3.93. The van der Waals surface area contributed by atoms with Crippen LogP contribution in [-0.2, 0) is 20.5 Å². The average molecular weight is 366 g/mol. The molecule has 0 bridgehead atoms. The van der Waals surface area contributed by atoms with E-state index in [1.165, 1.54) is 12.7 Å². The first-order chi connectivity index (χ1) is 11.6. The highest BCUT2D eigenvalue weighted by Gasteiger charge is 2.41. The first-order valence-electron chi connectivity index (χ1n) is 9.12. The molecule has 0 aliphatic carbocycles. The molecule has 0 unspecified atom stereocenters. The maximum Gasteiger partial charge on any atom is 0.312 e. The molecule has 1 aromatic carbocycles. The van der Waals surface area contributed by atoms with Crippen LogP contribution < -0.4 is 5.32 Å². The van der Waals surface area contributed by atoms with Crippen LogP contribution in [0.2, 0.25) is 18.1 Å². The molecule has 0 heterocycles. The van der Waals surface area contributed by atoms with Gasteiger partial charge in [0.25, 0.3) is 0 Å². The molecule has 0 aliphatic heterocycles. The number of carbonyl (C=O) groups is 1. The van der Waals surface area contributed by atoms with Gasteiger partial charge in [-0.2, -0.15) is 0 Å². The second kappa shape index (κ2) is 9.50. The lowest BCUT2D eigenvalue weighted by atomic mass is 10.0. The van der Waals surface area contributed by atoms with Crippen LogP contribution in [0.25, 0.3) is 0 Å². The molecule has 2 atom stereocenters. The van der Waals surface area contributed by atoms with Gasteiger partial charge in [-0.3, -0.25) is 4.79 Å². The SMILES string of the molecule is CC[C@@H](O[Si](C)(C)C(C)(C)C)[C@@H](CNCc1ccccc1)C(=O)OC. The van der Waals surface area contributed by atoms with Gasteiger partial charge in [-0.1, -0.05) is 58.0 Å². The number of rotatable bonds is 9. The van der Waals surface area contributed by atoms with Crippen molar-refractivity contribution in [2.45, 2.75) is 64.9 Å². The first kappa shape index (κ1) is 21.9. The lowest BCUT2D eigenvalue weighted by molar-refractivity contribution is -0.148. The summed E-state index contributed by atoms with van der Waals surface area (Å²) < 4.78 is 11.6. The van der Waals surface area contributed by atoms with Crippen molar-refractivity contribution in [2.24, 2.45) is 5.92 Å². The van der Waals surface area contributed by atoms with E-state index in [9.17, 15) is 4.79 Å². The first-order valence-corrected chi connectivity index (χ1v) is 12.0. The summed E-state index contributed by atoms with van der Waals surface area (Å²) in [4.78, 5) is 12.4. The topological polar surface area (TPSA) is 47.6 Å². The summed E-state index contributed by atoms with van der Waals surface area (Å²) >= 11 is 0. The van der Waals surface area contributed by atoms with E-state index < -0.39 is 8.32 Å². The van der Waals surface area contributed by atoms with Crippen LogP contribution in [0.3, 0.4) is 0 Å². The molecule has 0 spiro atoms. The molecule has 0 amide bonds. The Bertz CT molecular complexity index is 525. The molecule has 0 saturated carbocycles. The van der Waals surface area contributed by atoms with Crippen molar-refractivity contribution in [3.63, 3.8) is 0 Å². The van der Waals surface area contributed by atoms with Gasteiger partial charge >= 0.3 is 5.97 Å². The number of hydrogen-bond donors (Lipinski definition) is 1. The van der Waals surface area contributed by atoms with Crippen LogP contribution >= 0.6 is 0 Å². The van der Waals surface area contributed by atoms with Gasteiger partial charge < -0.3 is 14.5 Å². The maximum atomic E-state index is 12.4. The standard InChI is InChI=1S/C20H35NO3Si/c1-8-18(24-25(6,7)20(2,3)4)17(19(22)23-5)15-21-14-16-12-10-9-11-13-16/h9-13,17-18,21H,8,14-15H2,1-7H3/t17-,18-/m1/s1. The number of benzene rings is 1. The van der Waals surface area contributed by atoms with E-state index in [2.05, 4.69) is 58.2 Å². The third-order valence-corrected chi connectivity index (χ3v) is 9.65. The monoisotopic (exact) mass is 365 g/mol. The number of ether oxygens (including phenoxy) is 1. The van der Waals surface area contributed by atoms with Crippen LogP contribution in [0.15, 0.2) is 30.3 Å². The zero-order valence-corrected chi connectivity index (χ0v) is 17.9. The highest BCUT2D eigenvalue weighted by molar-refractivity contribution is 6.74. The molecule has 0 saturated heterocycles. The molecule has 4 nitrogen and oxygen atoms in total. The third-order valence-electron chi connectivity index (χ3n) is 5.14. The number of esters is 1. The zero-order valence-electron chi connectivity index (χ0n) is 16.9. The van der Waals surface area contributed by atoms with Crippen molar-refractivity contribution in [3.8, 4) is 0 Å². The number of methoxy groups -OCH3 is 1. The quantitative estimate of drug-likeness (QED) is 0.521. The minimum absolute atomic E-state index is 0.110. The lowest BCUT2D eigenvalue weighted by Crippen LogP contribution is -2.49. The van der Waals surface area contributed by atoms with Crippen LogP contribution in [0.4, 0.5) is 0 Å². The van der Waals surface area contributed by atoms with E-state index in [0.29, 0.717) is 6.54 Å². The molecule has 0 aliphatic rings. The summed E-state index contributed by atoms with van der Waals surface area (Å²) in [6.45, 7) is 14.4. The van der Waals surface area contributed by atoms with Crippen LogP contribution in [-0.4, -0.2) is 34.0 Å². The second-order valence-electron chi connectivity index (χ2n) is 8.07. The Balaban J connectivity index is 2.79. The zero-order chi connectivity index (χ0) is 19.1. The summed E-state index contributed by atoms with van der Waals surface area (Å²) in [6.07, 6.45) is 0.663. The summed E-state index contributed by atoms with van der Waals surface area (Å²) in [6, 6.07) is 10.2. The van der Waals surface area contributed by atoms with E-state index in [0.717, 1.165) is 13.0 Å². The summed E-state index contributed by atoms with van der Waals surface area (Å²) in [5.41, 5.74) is 1.20. The maximum absolute atomic E-state index is 12.4. The average Bonchev–Trinajstić information content (AvgIpc) is 2.56. The Morgan fingerprint density at radius 3 is 2.28 bits per heavy atom. The molecule has 1 aromatic rings. The predicted octanol–water partition coefficient (Wildman–Crippen LogP) is 4.37. The van der Waals surface area contributed by atoms with Crippen LogP contribution in [0.5, 0.6) is 0 Å². The largest absolute Gasteiger partial charge is 0.469 e.